The number of hydrogen-bond donors (Lipinski definition) is 3. The van der Waals surface area contributed by atoms with Crippen LogP contribution in [-0.2, 0) is 6.42 Å². The Morgan fingerprint density at radius 2 is 2.23 bits per heavy atom. The fourth-order valence-corrected chi connectivity index (χ4v) is 3.22. The molecule has 0 aliphatic heterocycles. The van der Waals surface area contributed by atoms with Crippen molar-refractivity contribution in [2.75, 3.05) is 11.9 Å². The second kappa shape index (κ2) is 5.29. The van der Waals surface area contributed by atoms with Crippen molar-refractivity contribution >= 4 is 17.0 Å². The van der Waals surface area contributed by atoms with Crippen LogP contribution in [0.5, 0.6) is 0 Å². The molecular formula is C16H17N5O. The van der Waals surface area contributed by atoms with Gasteiger partial charge in [-0.3, -0.25) is 14.9 Å². The fraction of sp³-hybridized carbons (Fsp3) is 0.312. The molecule has 0 saturated heterocycles. The van der Waals surface area contributed by atoms with E-state index in [4.69, 9.17) is 0 Å². The van der Waals surface area contributed by atoms with Crippen molar-refractivity contribution in [3.63, 3.8) is 0 Å². The van der Waals surface area contributed by atoms with Crippen molar-refractivity contribution in [3.8, 4) is 0 Å². The maximum atomic E-state index is 11.9. The number of aryl methyl sites for hydroxylation is 1. The second-order valence-corrected chi connectivity index (χ2v) is 5.72. The highest BCUT2D eigenvalue weighted by Gasteiger charge is 2.19. The van der Waals surface area contributed by atoms with Crippen LogP contribution in [0.4, 0.5) is 5.95 Å². The summed E-state index contributed by atoms with van der Waals surface area (Å²) in [6.07, 6.45) is 5.00. The number of anilines is 1. The van der Waals surface area contributed by atoms with E-state index in [0.717, 1.165) is 19.4 Å². The molecule has 1 aliphatic carbocycles. The monoisotopic (exact) mass is 295 g/mol. The Morgan fingerprint density at radius 1 is 1.32 bits per heavy atom. The van der Waals surface area contributed by atoms with Crippen molar-refractivity contribution in [2.24, 2.45) is 0 Å². The van der Waals surface area contributed by atoms with E-state index < -0.39 is 0 Å². The number of aromatic nitrogens is 4. The van der Waals surface area contributed by atoms with Gasteiger partial charge in [-0.05, 0) is 30.4 Å². The first-order valence-corrected chi connectivity index (χ1v) is 7.56. The summed E-state index contributed by atoms with van der Waals surface area (Å²) >= 11 is 0. The minimum Gasteiger partial charge on any atom is -0.355 e. The Kier molecular flexibility index (Phi) is 3.14. The SMILES string of the molecule is O=c1[nH]c(NC[C@@H]2CCCc3ccccc32)nc2[nH]ncc12. The Morgan fingerprint density at radius 3 is 3.18 bits per heavy atom. The third kappa shape index (κ3) is 2.26. The van der Waals surface area contributed by atoms with Crippen LogP contribution in [0.2, 0.25) is 0 Å². The highest BCUT2D eigenvalue weighted by molar-refractivity contribution is 5.73. The molecular weight excluding hydrogens is 278 g/mol. The molecule has 0 saturated carbocycles. The highest BCUT2D eigenvalue weighted by Crippen LogP contribution is 2.31. The number of rotatable bonds is 3. The maximum Gasteiger partial charge on any atom is 0.263 e. The molecule has 112 valence electrons. The first-order chi connectivity index (χ1) is 10.8. The van der Waals surface area contributed by atoms with Crippen molar-refractivity contribution in [2.45, 2.75) is 25.2 Å². The molecule has 1 aliphatic rings. The maximum absolute atomic E-state index is 11.9. The lowest BCUT2D eigenvalue weighted by Gasteiger charge is -2.25. The Bertz CT molecular complexity index is 866. The van der Waals surface area contributed by atoms with Crippen LogP contribution in [0.1, 0.15) is 29.9 Å². The van der Waals surface area contributed by atoms with Crippen LogP contribution in [0, 0.1) is 0 Å². The van der Waals surface area contributed by atoms with Crippen LogP contribution in [0.15, 0.2) is 35.3 Å². The third-order valence-electron chi connectivity index (χ3n) is 4.33. The molecule has 3 N–H and O–H groups in total. The molecule has 4 rings (SSSR count). The first-order valence-electron chi connectivity index (χ1n) is 7.56. The average Bonchev–Trinajstić information content (AvgIpc) is 3.02. The Labute approximate surface area is 127 Å². The lowest BCUT2D eigenvalue weighted by molar-refractivity contribution is 0.570. The topological polar surface area (TPSA) is 86.5 Å². The quantitative estimate of drug-likeness (QED) is 0.691. The van der Waals surface area contributed by atoms with E-state index in [1.807, 2.05) is 0 Å². The standard InChI is InChI=1S/C16H17N5O/c22-15-13-9-18-21-14(13)19-16(20-15)17-8-11-6-3-5-10-4-1-2-7-12(10)11/h1-2,4,7,9,11H,3,5-6,8H2,(H3,17,18,19,20,21,22)/t11-/m0/s1. The summed E-state index contributed by atoms with van der Waals surface area (Å²) in [5.41, 5.74) is 3.18. The fourth-order valence-electron chi connectivity index (χ4n) is 3.22. The summed E-state index contributed by atoms with van der Waals surface area (Å²) in [5.74, 6) is 0.942. The predicted octanol–water partition coefficient (Wildman–Crippen LogP) is 2.18. The van der Waals surface area contributed by atoms with E-state index in [1.54, 1.807) is 0 Å². The molecule has 1 atom stereocenters. The molecule has 2 heterocycles. The summed E-state index contributed by atoms with van der Waals surface area (Å²) < 4.78 is 0. The molecule has 1 aromatic carbocycles. The second-order valence-electron chi connectivity index (χ2n) is 5.72. The molecule has 0 spiro atoms. The summed E-state index contributed by atoms with van der Waals surface area (Å²) in [6.45, 7) is 0.763. The largest absolute Gasteiger partial charge is 0.355 e. The summed E-state index contributed by atoms with van der Waals surface area (Å²) in [5, 5.41) is 10.3. The number of benzene rings is 1. The molecule has 0 bridgehead atoms. The summed E-state index contributed by atoms with van der Waals surface area (Å²) in [6, 6.07) is 8.60. The van der Waals surface area contributed by atoms with Crippen LogP contribution in [0.25, 0.3) is 11.0 Å². The molecule has 2 aromatic heterocycles. The van der Waals surface area contributed by atoms with Crippen molar-refractivity contribution < 1.29 is 0 Å². The van der Waals surface area contributed by atoms with E-state index in [-0.39, 0.29) is 5.56 Å². The molecule has 0 unspecified atom stereocenters. The van der Waals surface area contributed by atoms with Gasteiger partial charge >= 0.3 is 0 Å². The molecule has 0 amide bonds. The zero-order valence-electron chi connectivity index (χ0n) is 12.1. The van der Waals surface area contributed by atoms with E-state index in [2.05, 4.69) is 49.7 Å². The van der Waals surface area contributed by atoms with Crippen LogP contribution in [-0.4, -0.2) is 26.7 Å². The van der Waals surface area contributed by atoms with Crippen molar-refractivity contribution in [1.29, 1.82) is 0 Å². The van der Waals surface area contributed by atoms with E-state index in [0.29, 0.717) is 22.9 Å². The van der Waals surface area contributed by atoms with Gasteiger partial charge in [0.2, 0.25) is 5.95 Å². The number of fused-ring (bicyclic) bond motifs is 2. The van der Waals surface area contributed by atoms with Crippen molar-refractivity contribution in [3.05, 3.63) is 51.9 Å². The Balaban J connectivity index is 1.56. The van der Waals surface area contributed by atoms with E-state index in [1.165, 1.54) is 23.7 Å². The van der Waals surface area contributed by atoms with E-state index >= 15 is 0 Å². The van der Waals surface area contributed by atoms with Gasteiger partial charge in [0, 0.05) is 12.5 Å². The van der Waals surface area contributed by atoms with Gasteiger partial charge in [0.25, 0.3) is 5.56 Å². The molecule has 6 nitrogen and oxygen atoms in total. The van der Waals surface area contributed by atoms with Gasteiger partial charge in [-0.1, -0.05) is 24.3 Å². The minimum absolute atomic E-state index is 0.176. The van der Waals surface area contributed by atoms with Gasteiger partial charge < -0.3 is 5.32 Å². The smallest absolute Gasteiger partial charge is 0.263 e. The van der Waals surface area contributed by atoms with Gasteiger partial charge in [0.1, 0.15) is 5.39 Å². The number of aromatic amines is 2. The number of hydrogen-bond acceptors (Lipinski definition) is 4. The van der Waals surface area contributed by atoms with Gasteiger partial charge in [-0.2, -0.15) is 10.1 Å². The molecule has 3 aromatic rings. The highest BCUT2D eigenvalue weighted by atomic mass is 16.1. The predicted molar refractivity (Wildman–Crippen MR) is 85.1 cm³/mol. The third-order valence-corrected chi connectivity index (χ3v) is 4.33. The van der Waals surface area contributed by atoms with E-state index in [9.17, 15) is 4.79 Å². The van der Waals surface area contributed by atoms with Crippen molar-refractivity contribution in [1.82, 2.24) is 20.2 Å². The van der Waals surface area contributed by atoms with Crippen LogP contribution < -0.4 is 10.9 Å². The summed E-state index contributed by atoms with van der Waals surface area (Å²) in [4.78, 5) is 19.0. The van der Waals surface area contributed by atoms with Gasteiger partial charge in [-0.15, -0.1) is 0 Å². The van der Waals surface area contributed by atoms with Gasteiger partial charge in [-0.25, -0.2) is 0 Å². The average molecular weight is 295 g/mol. The minimum atomic E-state index is -0.176. The number of nitrogens with one attached hydrogen (secondary N) is 3. The van der Waals surface area contributed by atoms with Crippen LogP contribution >= 0.6 is 0 Å². The number of nitrogens with zero attached hydrogens (tertiary/aromatic N) is 2. The van der Waals surface area contributed by atoms with Gasteiger partial charge in [0.05, 0.1) is 6.20 Å². The molecule has 0 radical (unpaired) electrons. The lowest BCUT2D eigenvalue weighted by Crippen LogP contribution is -2.20. The normalized spacial score (nSPS) is 17.4. The lowest BCUT2D eigenvalue weighted by atomic mass is 9.83. The van der Waals surface area contributed by atoms with Gasteiger partial charge in [0.15, 0.2) is 5.65 Å². The zero-order chi connectivity index (χ0) is 14.9. The molecule has 6 heteroatoms. The number of H-pyrrole nitrogens is 2. The Hall–Kier alpha value is -2.63. The first kappa shape index (κ1) is 13.1. The summed E-state index contributed by atoms with van der Waals surface area (Å²) in [7, 11) is 0. The zero-order valence-corrected chi connectivity index (χ0v) is 12.1. The van der Waals surface area contributed by atoms with Crippen LogP contribution in [0.3, 0.4) is 0 Å². The molecule has 22 heavy (non-hydrogen) atoms. The molecule has 0 fully saturated rings.